The summed E-state index contributed by atoms with van der Waals surface area (Å²) in [7, 11) is 1.84. The van der Waals surface area contributed by atoms with Gasteiger partial charge in [-0.1, -0.05) is 20.8 Å². The summed E-state index contributed by atoms with van der Waals surface area (Å²) in [5, 5.41) is 0. The number of aryl methyl sites for hydroxylation is 1. The fourth-order valence-corrected chi connectivity index (χ4v) is 2.14. The number of hydrogen-bond donors (Lipinski definition) is 0. The molecule has 1 unspecified atom stereocenters. The minimum Gasteiger partial charge on any atom is -0.493 e. The Morgan fingerprint density at radius 1 is 1.26 bits per heavy atom. The van der Waals surface area contributed by atoms with Gasteiger partial charge < -0.3 is 9.64 Å². The van der Waals surface area contributed by atoms with Crippen molar-refractivity contribution in [3.05, 3.63) is 23.8 Å². The molecule has 0 saturated carbocycles. The van der Waals surface area contributed by atoms with Crippen LogP contribution in [0.4, 0.5) is 5.69 Å². The molecule has 0 saturated heterocycles. The van der Waals surface area contributed by atoms with Gasteiger partial charge in [0, 0.05) is 19.2 Å². The monoisotopic (exact) mass is 261 g/mol. The summed E-state index contributed by atoms with van der Waals surface area (Å²) < 4.78 is 5.85. The lowest BCUT2D eigenvalue weighted by Crippen LogP contribution is -2.31. The number of fused-ring (bicyclic) bond motifs is 1. The molecule has 0 N–H and O–H groups in total. The fourth-order valence-electron chi connectivity index (χ4n) is 2.14. The van der Waals surface area contributed by atoms with Gasteiger partial charge in [-0.3, -0.25) is 4.79 Å². The third-order valence-electron chi connectivity index (χ3n) is 4.05. The first-order valence-corrected chi connectivity index (χ1v) is 7.01. The quantitative estimate of drug-likeness (QED) is 0.832. The van der Waals surface area contributed by atoms with E-state index in [4.69, 9.17) is 4.74 Å². The second kappa shape index (κ2) is 5.64. The molecule has 2 rings (SSSR count). The van der Waals surface area contributed by atoms with Crippen LogP contribution in [0, 0.1) is 11.8 Å². The summed E-state index contributed by atoms with van der Waals surface area (Å²) in [6.45, 7) is 7.36. The Bertz CT molecular complexity index is 468. The van der Waals surface area contributed by atoms with E-state index >= 15 is 0 Å². The van der Waals surface area contributed by atoms with Gasteiger partial charge in [0.2, 0.25) is 5.91 Å². The van der Waals surface area contributed by atoms with E-state index in [1.807, 2.05) is 19.2 Å². The van der Waals surface area contributed by atoms with Crippen LogP contribution in [0.5, 0.6) is 5.75 Å². The van der Waals surface area contributed by atoms with Crippen molar-refractivity contribution in [1.82, 2.24) is 0 Å². The molecule has 1 heterocycles. The topological polar surface area (TPSA) is 29.5 Å². The lowest BCUT2D eigenvalue weighted by molar-refractivity contribution is -0.118. The van der Waals surface area contributed by atoms with Gasteiger partial charge in [0.25, 0.3) is 0 Å². The molecule has 19 heavy (non-hydrogen) atoms. The van der Waals surface area contributed by atoms with Gasteiger partial charge in [-0.15, -0.1) is 0 Å². The number of amides is 1. The van der Waals surface area contributed by atoms with Gasteiger partial charge in [0.15, 0.2) is 0 Å². The molecule has 1 atom stereocenters. The van der Waals surface area contributed by atoms with Crippen LogP contribution >= 0.6 is 0 Å². The van der Waals surface area contributed by atoms with Gasteiger partial charge in [-0.05, 0) is 42.0 Å². The number of ether oxygens (including phenoxy) is 1. The zero-order valence-corrected chi connectivity index (χ0v) is 12.3. The number of hydrogen-bond acceptors (Lipinski definition) is 2. The van der Waals surface area contributed by atoms with Crippen molar-refractivity contribution < 1.29 is 9.53 Å². The molecule has 3 heteroatoms. The highest BCUT2D eigenvalue weighted by molar-refractivity contribution is 5.95. The van der Waals surface area contributed by atoms with E-state index in [-0.39, 0.29) is 5.91 Å². The highest BCUT2D eigenvalue weighted by atomic mass is 16.5. The minimum absolute atomic E-state index is 0.189. The summed E-state index contributed by atoms with van der Waals surface area (Å²) >= 11 is 0. The molecule has 0 radical (unpaired) electrons. The van der Waals surface area contributed by atoms with Gasteiger partial charge in [0.05, 0.1) is 6.61 Å². The van der Waals surface area contributed by atoms with Crippen molar-refractivity contribution in [2.24, 2.45) is 11.8 Å². The Kier molecular flexibility index (Phi) is 4.13. The summed E-state index contributed by atoms with van der Waals surface area (Å²) in [6, 6.07) is 6.02. The first-order valence-electron chi connectivity index (χ1n) is 7.01. The highest BCUT2D eigenvalue weighted by Gasteiger charge is 2.21. The number of carbonyl (C=O) groups is 1. The molecule has 0 spiro atoms. The number of benzene rings is 1. The number of nitrogens with zero attached hydrogens (tertiary/aromatic N) is 1. The van der Waals surface area contributed by atoms with Crippen LogP contribution in [0.2, 0.25) is 0 Å². The Morgan fingerprint density at radius 2 is 2.00 bits per heavy atom. The molecule has 1 aliphatic heterocycles. The van der Waals surface area contributed by atoms with Crippen molar-refractivity contribution in [1.29, 1.82) is 0 Å². The van der Waals surface area contributed by atoms with Gasteiger partial charge in [-0.25, -0.2) is 0 Å². The molecule has 0 aromatic heterocycles. The third-order valence-corrected chi connectivity index (χ3v) is 4.05. The van der Waals surface area contributed by atoms with Crippen LogP contribution in [0.25, 0.3) is 0 Å². The Labute approximate surface area is 115 Å². The van der Waals surface area contributed by atoms with Gasteiger partial charge in [0.1, 0.15) is 5.75 Å². The molecule has 0 fully saturated rings. The number of carbonyl (C=O) groups excluding carboxylic acids is 1. The second-order valence-corrected chi connectivity index (χ2v) is 5.78. The maximum absolute atomic E-state index is 11.6. The summed E-state index contributed by atoms with van der Waals surface area (Å²) in [5.41, 5.74) is 2.22. The Morgan fingerprint density at radius 3 is 2.68 bits per heavy atom. The standard InChI is InChI=1S/C16H23NO2/c1-11(2)12(3)10-19-14-6-7-15-13(9-14)5-8-16(18)17(15)4/h6-7,9,11-12H,5,8,10H2,1-4H3. The zero-order chi connectivity index (χ0) is 14.0. The van der Waals surface area contributed by atoms with Gasteiger partial charge in [-0.2, -0.15) is 0 Å². The fraction of sp³-hybridized carbons (Fsp3) is 0.562. The normalized spacial score (nSPS) is 16.5. The van der Waals surface area contributed by atoms with Crippen LogP contribution in [-0.4, -0.2) is 19.6 Å². The number of rotatable bonds is 4. The molecule has 1 aliphatic rings. The maximum Gasteiger partial charge on any atom is 0.227 e. The van der Waals surface area contributed by atoms with E-state index in [1.165, 1.54) is 5.56 Å². The molecule has 1 amide bonds. The van der Waals surface area contributed by atoms with Crippen molar-refractivity contribution in [3.8, 4) is 5.75 Å². The van der Waals surface area contributed by atoms with E-state index in [9.17, 15) is 4.79 Å². The predicted octanol–water partition coefficient (Wildman–Crippen LogP) is 3.27. The van der Waals surface area contributed by atoms with Crippen molar-refractivity contribution in [3.63, 3.8) is 0 Å². The molecule has 0 bridgehead atoms. The SMILES string of the molecule is CC(C)C(C)COc1ccc2c(c1)CCC(=O)N2C. The summed E-state index contributed by atoms with van der Waals surface area (Å²) in [6.07, 6.45) is 1.41. The van der Waals surface area contributed by atoms with Crippen LogP contribution in [0.1, 0.15) is 32.8 Å². The third kappa shape index (κ3) is 3.09. The summed E-state index contributed by atoms with van der Waals surface area (Å²) in [5.74, 6) is 2.27. The van der Waals surface area contributed by atoms with Crippen LogP contribution in [0.15, 0.2) is 18.2 Å². The van der Waals surface area contributed by atoms with E-state index < -0.39 is 0 Å². The van der Waals surface area contributed by atoms with Gasteiger partial charge >= 0.3 is 0 Å². The molecule has 104 valence electrons. The largest absolute Gasteiger partial charge is 0.493 e. The van der Waals surface area contributed by atoms with Crippen LogP contribution < -0.4 is 9.64 Å². The molecule has 3 nitrogen and oxygen atoms in total. The van der Waals surface area contributed by atoms with Crippen molar-refractivity contribution in [2.75, 3.05) is 18.6 Å². The molecule has 1 aromatic carbocycles. The molecular weight excluding hydrogens is 238 g/mol. The lowest BCUT2D eigenvalue weighted by atomic mass is 9.99. The lowest BCUT2D eigenvalue weighted by Gasteiger charge is -2.26. The van der Waals surface area contributed by atoms with E-state index in [0.717, 1.165) is 24.5 Å². The molecule has 1 aromatic rings. The smallest absolute Gasteiger partial charge is 0.227 e. The minimum atomic E-state index is 0.189. The average Bonchev–Trinajstić information content (AvgIpc) is 2.40. The number of anilines is 1. The predicted molar refractivity (Wildman–Crippen MR) is 77.7 cm³/mol. The first kappa shape index (κ1) is 13.9. The Balaban J connectivity index is 2.07. The van der Waals surface area contributed by atoms with Crippen molar-refractivity contribution >= 4 is 11.6 Å². The second-order valence-electron chi connectivity index (χ2n) is 5.78. The van der Waals surface area contributed by atoms with E-state index in [0.29, 0.717) is 18.3 Å². The van der Waals surface area contributed by atoms with E-state index in [1.54, 1.807) is 4.90 Å². The Hall–Kier alpha value is -1.51. The maximum atomic E-state index is 11.6. The van der Waals surface area contributed by atoms with E-state index in [2.05, 4.69) is 26.8 Å². The molecular formula is C16H23NO2. The zero-order valence-electron chi connectivity index (χ0n) is 12.3. The highest BCUT2D eigenvalue weighted by Crippen LogP contribution is 2.30. The first-order chi connectivity index (χ1) is 8.99. The summed E-state index contributed by atoms with van der Waals surface area (Å²) in [4.78, 5) is 13.4. The van der Waals surface area contributed by atoms with Crippen LogP contribution in [-0.2, 0) is 11.2 Å². The van der Waals surface area contributed by atoms with Crippen molar-refractivity contribution in [2.45, 2.75) is 33.6 Å². The average molecular weight is 261 g/mol. The molecule has 0 aliphatic carbocycles. The van der Waals surface area contributed by atoms with Crippen LogP contribution in [0.3, 0.4) is 0 Å².